The maximum atomic E-state index is 11.2. The normalized spacial score (nSPS) is 11.9. The van der Waals surface area contributed by atoms with E-state index in [9.17, 15) is 8.42 Å². The van der Waals surface area contributed by atoms with E-state index >= 15 is 0 Å². The standard InChI is InChI=1S/C8H18ClNO4S/c9-3-1-8-15(12,13)10-4-2-6-14-7-5-11/h10-11H,1-8H2. The Balaban J connectivity index is 3.41. The van der Waals surface area contributed by atoms with Crippen molar-refractivity contribution in [3.05, 3.63) is 0 Å². The third-order valence-corrected chi connectivity index (χ3v) is 3.31. The van der Waals surface area contributed by atoms with Gasteiger partial charge in [0.15, 0.2) is 0 Å². The van der Waals surface area contributed by atoms with Gasteiger partial charge in [0.2, 0.25) is 10.0 Å². The van der Waals surface area contributed by atoms with Gasteiger partial charge in [-0.1, -0.05) is 0 Å². The first-order chi connectivity index (χ1) is 7.12. The third kappa shape index (κ3) is 10.4. The maximum absolute atomic E-state index is 11.2. The summed E-state index contributed by atoms with van der Waals surface area (Å²) in [5.41, 5.74) is 0. The zero-order valence-corrected chi connectivity index (χ0v) is 10.2. The summed E-state index contributed by atoms with van der Waals surface area (Å²) in [7, 11) is -3.18. The van der Waals surface area contributed by atoms with Crippen LogP contribution in [0.3, 0.4) is 0 Å². The SMILES string of the molecule is O=S(=O)(CCCCl)NCCCOCCO. The van der Waals surface area contributed by atoms with Gasteiger partial charge in [0.05, 0.1) is 19.0 Å². The van der Waals surface area contributed by atoms with Gasteiger partial charge in [-0.2, -0.15) is 0 Å². The number of rotatable bonds is 10. The van der Waals surface area contributed by atoms with Gasteiger partial charge in [0.1, 0.15) is 0 Å². The molecule has 0 saturated carbocycles. The van der Waals surface area contributed by atoms with Crippen LogP contribution in [0.25, 0.3) is 0 Å². The molecule has 0 aliphatic heterocycles. The fraction of sp³-hybridized carbons (Fsp3) is 1.00. The van der Waals surface area contributed by atoms with Gasteiger partial charge in [-0.15, -0.1) is 11.6 Å². The monoisotopic (exact) mass is 259 g/mol. The number of ether oxygens (including phenoxy) is 1. The molecule has 0 aliphatic carbocycles. The highest BCUT2D eigenvalue weighted by atomic mass is 35.5. The first-order valence-electron chi connectivity index (χ1n) is 4.84. The molecule has 92 valence electrons. The number of aliphatic hydroxyl groups excluding tert-OH is 1. The van der Waals surface area contributed by atoms with Gasteiger partial charge in [0.25, 0.3) is 0 Å². The predicted molar refractivity (Wildman–Crippen MR) is 59.6 cm³/mol. The number of alkyl halides is 1. The van der Waals surface area contributed by atoms with E-state index in [1.165, 1.54) is 0 Å². The van der Waals surface area contributed by atoms with Crippen LogP contribution in [-0.2, 0) is 14.8 Å². The van der Waals surface area contributed by atoms with Crippen molar-refractivity contribution in [1.82, 2.24) is 4.72 Å². The lowest BCUT2D eigenvalue weighted by Gasteiger charge is -2.05. The Bertz CT molecular complexity index is 233. The molecule has 5 nitrogen and oxygen atoms in total. The lowest BCUT2D eigenvalue weighted by atomic mass is 10.5. The number of halogens is 1. The molecule has 0 aromatic carbocycles. The average molecular weight is 260 g/mol. The lowest BCUT2D eigenvalue weighted by Crippen LogP contribution is -2.28. The van der Waals surface area contributed by atoms with Crippen LogP contribution >= 0.6 is 11.6 Å². The minimum atomic E-state index is -3.18. The van der Waals surface area contributed by atoms with Crippen molar-refractivity contribution in [3.63, 3.8) is 0 Å². The van der Waals surface area contributed by atoms with Crippen molar-refractivity contribution in [3.8, 4) is 0 Å². The summed E-state index contributed by atoms with van der Waals surface area (Å²) in [5, 5.41) is 8.40. The second-order valence-electron chi connectivity index (χ2n) is 2.95. The van der Waals surface area contributed by atoms with Gasteiger partial charge < -0.3 is 9.84 Å². The van der Waals surface area contributed by atoms with E-state index in [0.717, 1.165) is 0 Å². The predicted octanol–water partition coefficient (Wildman–Crippen LogP) is -0.0663. The fourth-order valence-electron chi connectivity index (χ4n) is 0.885. The Morgan fingerprint density at radius 3 is 2.60 bits per heavy atom. The summed E-state index contributed by atoms with van der Waals surface area (Å²) in [4.78, 5) is 0. The van der Waals surface area contributed by atoms with E-state index in [1.54, 1.807) is 0 Å². The molecule has 0 amide bonds. The molecule has 0 saturated heterocycles. The maximum Gasteiger partial charge on any atom is 0.211 e. The van der Waals surface area contributed by atoms with E-state index < -0.39 is 10.0 Å². The molecular weight excluding hydrogens is 242 g/mol. The van der Waals surface area contributed by atoms with Crippen LogP contribution in [0.15, 0.2) is 0 Å². The second kappa shape index (κ2) is 9.35. The highest BCUT2D eigenvalue weighted by Crippen LogP contribution is 1.92. The summed E-state index contributed by atoms with van der Waals surface area (Å²) in [5.74, 6) is 0.411. The summed E-state index contributed by atoms with van der Waals surface area (Å²) >= 11 is 5.39. The molecule has 0 heterocycles. The van der Waals surface area contributed by atoms with Crippen LogP contribution < -0.4 is 4.72 Å². The third-order valence-electron chi connectivity index (χ3n) is 1.57. The number of nitrogens with one attached hydrogen (secondary N) is 1. The Morgan fingerprint density at radius 2 is 2.00 bits per heavy atom. The molecule has 2 N–H and O–H groups in total. The van der Waals surface area contributed by atoms with Gasteiger partial charge in [0, 0.05) is 19.0 Å². The summed E-state index contributed by atoms with van der Waals surface area (Å²) in [6.45, 7) is 1.08. The quantitative estimate of drug-likeness (QED) is 0.426. The molecular formula is C8H18ClNO4S. The fourth-order valence-corrected chi connectivity index (χ4v) is 2.30. The molecule has 0 bridgehead atoms. The van der Waals surface area contributed by atoms with E-state index in [2.05, 4.69) is 4.72 Å². The largest absolute Gasteiger partial charge is 0.394 e. The zero-order valence-electron chi connectivity index (χ0n) is 8.62. The van der Waals surface area contributed by atoms with E-state index in [4.69, 9.17) is 21.4 Å². The molecule has 15 heavy (non-hydrogen) atoms. The first-order valence-corrected chi connectivity index (χ1v) is 7.03. The number of hydrogen-bond acceptors (Lipinski definition) is 4. The zero-order chi connectivity index (χ0) is 11.6. The van der Waals surface area contributed by atoms with Crippen LogP contribution in [0.2, 0.25) is 0 Å². The molecule has 7 heteroatoms. The van der Waals surface area contributed by atoms with Crippen LogP contribution in [0.4, 0.5) is 0 Å². The number of hydrogen-bond donors (Lipinski definition) is 2. The number of aliphatic hydroxyl groups is 1. The number of sulfonamides is 1. The lowest BCUT2D eigenvalue weighted by molar-refractivity contribution is 0.0913. The summed E-state index contributed by atoms with van der Waals surface area (Å²) in [6.07, 6.45) is 1.05. The highest BCUT2D eigenvalue weighted by molar-refractivity contribution is 7.89. The van der Waals surface area contributed by atoms with Gasteiger partial charge in [-0.25, -0.2) is 13.1 Å². The molecule has 0 fully saturated rings. The van der Waals surface area contributed by atoms with Gasteiger partial charge in [-0.05, 0) is 12.8 Å². The molecule has 0 aromatic heterocycles. The van der Waals surface area contributed by atoms with Gasteiger partial charge >= 0.3 is 0 Å². The summed E-state index contributed by atoms with van der Waals surface area (Å²) in [6, 6.07) is 0. The van der Waals surface area contributed by atoms with E-state index in [1.807, 2.05) is 0 Å². The average Bonchev–Trinajstić information content (AvgIpc) is 2.20. The van der Waals surface area contributed by atoms with Crippen molar-refractivity contribution >= 4 is 21.6 Å². The molecule has 0 spiro atoms. The molecule has 0 aliphatic rings. The van der Waals surface area contributed by atoms with Crippen molar-refractivity contribution < 1.29 is 18.3 Å². The van der Waals surface area contributed by atoms with Crippen molar-refractivity contribution in [2.45, 2.75) is 12.8 Å². The van der Waals surface area contributed by atoms with Crippen LogP contribution in [0.5, 0.6) is 0 Å². The molecule has 0 aromatic rings. The van der Waals surface area contributed by atoms with Crippen LogP contribution in [0, 0.1) is 0 Å². The summed E-state index contributed by atoms with van der Waals surface area (Å²) < 4.78 is 29.9. The minimum absolute atomic E-state index is 0.0125. The van der Waals surface area contributed by atoms with Crippen LogP contribution in [-0.4, -0.2) is 51.5 Å². The highest BCUT2D eigenvalue weighted by Gasteiger charge is 2.07. The Hall–Kier alpha value is 0.120. The van der Waals surface area contributed by atoms with Crippen LogP contribution in [0.1, 0.15) is 12.8 Å². The minimum Gasteiger partial charge on any atom is -0.394 e. The van der Waals surface area contributed by atoms with Crippen molar-refractivity contribution in [1.29, 1.82) is 0 Å². The molecule has 0 rings (SSSR count). The molecule has 0 radical (unpaired) electrons. The van der Waals surface area contributed by atoms with E-state index in [0.29, 0.717) is 38.5 Å². The van der Waals surface area contributed by atoms with Gasteiger partial charge in [-0.3, -0.25) is 0 Å². The Labute approximate surface area is 95.8 Å². The topological polar surface area (TPSA) is 75.6 Å². The van der Waals surface area contributed by atoms with Crippen molar-refractivity contribution in [2.24, 2.45) is 0 Å². The Kier molecular flexibility index (Phi) is 9.43. The Morgan fingerprint density at radius 1 is 1.27 bits per heavy atom. The molecule has 0 atom stereocenters. The smallest absolute Gasteiger partial charge is 0.211 e. The first kappa shape index (κ1) is 15.1. The van der Waals surface area contributed by atoms with E-state index in [-0.39, 0.29) is 12.4 Å². The van der Waals surface area contributed by atoms with Crippen molar-refractivity contribution in [2.75, 3.05) is 38.0 Å². The second-order valence-corrected chi connectivity index (χ2v) is 5.25. The molecule has 0 unspecified atom stereocenters.